The van der Waals surface area contributed by atoms with Crippen LogP contribution in [0.1, 0.15) is 37.5 Å². The highest BCUT2D eigenvalue weighted by Gasteiger charge is 2.45. The van der Waals surface area contributed by atoms with Gasteiger partial charge in [0.15, 0.2) is 0 Å². The van der Waals surface area contributed by atoms with Crippen LogP contribution in [-0.2, 0) is 5.41 Å². The molecule has 1 aliphatic rings. The number of benzene rings is 3. The van der Waals surface area contributed by atoms with Crippen LogP contribution in [0.5, 0.6) is 0 Å². The van der Waals surface area contributed by atoms with Gasteiger partial charge in [-0.15, -0.1) is 0 Å². The summed E-state index contributed by atoms with van der Waals surface area (Å²) in [5.74, 6) is 0.973. The zero-order valence-electron chi connectivity index (χ0n) is 20.1. The van der Waals surface area contributed by atoms with Crippen molar-refractivity contribution < 1.29 is 0 Å². The van der Waals surface area contributed by atoms with Crippen molar-refractivity contribution in [3.05, 3.63) is 108 Å². The first-order chi connectivity index (χ1) is 15.9. The molecule has 4 aromatic rings. The fourth-order valence-electron chi connectivity index (χ4n) is 4.88. The quantitative estimate of drug-likeness (QED) is 0.337. The zero-order chi connectivity index (χ0) is 23.2. The van der Waals surface area contributed by atoms with Crippen LogP contribution < -0.4 is 15.1 Å². The minimum Gasteiger partial charge on any atom is -0.360 e. The molecule has 2 heterocycles. The maximum Gasteiger partial charge on any atom is 0.422 e. The second kappa shape index (κ2) is 8.11. The Balaban J connectivity index is 1.80. The van der Waals surface area contributed by atoms with Gasteiger partial charge in [0.25, 0.3) is 0 Å². The van der Waals surface area contributed by atoms with Crippen molar-refractivity contribution in [1.29, 1.82) is 0 Å². The second-order valence-electron chi connectivity index (χ2n) is 9.90. The molecule has 0 saturated carbocycles. The van der Waals surface area contributed by atoms with E-state index in [0.717, 1.165) is 5.82 Å². The number of rotatable bonds is 3. The van der Waals surface area contributed by atoms with Crippen LogP contribution in [0.3, 0.4) is 0 Å². The Kier molecular flexibility index (Phi) is 5.24. The molecule has 0 radical (unpaired) electrons. The molecule has 0 N–H and O–H groups in total. The van der Waals surface area contributed by atoms with Crippen molar-refractivity contribution in [3.8, 4) is 0 Å². The molecule has 0 atom stereocenters. The van der Waals surface area contributed by atoms with Gasteiger partial charge in [0, 0.05) is 11.9 Å². The maximum atomic E-state index is 4.90. The Morgan fingerprint density at radius 1 is 0.697 bits per heavy atom. The molecular formula is C29H30BN3. The van der Waals surface area contributed by atoms with Gasteiger partial charge in [-0.1, -0.05) is 80.4 Å². The summed E-state index contributed by atoms with van der Waals surface area (Å²) in [6, 6.07) is 30.3. The van der Waals surface area contributed by atoms with Gasteiger partial charge in [-0.2, -0.15) is 0 Å². The molecule has 3 nitrogen and oxygen atoms in total. The molecule has 1 aliphatic heterocycles. The molecule has 0 amide bonds. The number of fused-ring (bicyclic) bond motifs is 1. The molecule has 0 aliphatic carbocycles. The van der Waals surface area contributed by atoms with E-state index in [0.29, 0.717) is 0 Å². The fraction of sp³-hybridized carbons (Fsp3) is 0.207. The highest BCUT2D eigenvalue weighted by molar-refractivity contribution is 6.85. The Morgan fingerprint density at radius 3 is 1.94 bits per heavy atom. The number of pyridine rings is 1. The van der Waals surface area contributed by atoms with Crippen LogP contribution in [-0.4, -0.2) is 12.0 Å². The smallest absolute Gasteiger partial charge is 0.360 e. The fourth-order valence-corrected chi connectivity index (χ4v) is 4.88. The first kappa shape index (κ1) is 21.3. The third-order valence-electron chi connectivity index (χ3n) is 6.58. The van der Waals surface area contributed by atoms with E-state index < -0.39 is 0 Å². The maximum absolute atomic E-state index is 4.90. The average molecular weight is 431 g/mol. The van der Waals surface area contributed by atoms with Gasteiger partial charge >= 0.3 is 6.98 Å². The van der Waals surface area contributed by atoms with Gasteiger partial charge in [-0.3, -0.25) is 0 Å². The summed E-state index contributed by atoms with van der Waals surface area (Å²) >= 11 is 0. The van der Waals surface area contributed by atoms with Crippen LogP contribution in [0.15, 0.2) is 91.1 Å². The summed E-state index contributed by atoms with van der Waals surface area (Å²) in [4.78, 5) is 9.76. The monoisotopic (exact) mass is 431 g/mol. The molecule has 33 heavy (non-hydrogen) atoms. The average Bonchev–Trinajstić information content (AvgIpc) is 3.14. The van der Waals surface area contributed by atoms with Gasteiger partial charge in [-0.05, 0) is 66.7 Å². The number of aromatic nitrogens is 1. The number of aryl methyl sites for hydroxylation is 2. The number of anilines is 4. The second-order valence-corrected chi connectivity index (χ2v) is 9.90. The van der Waals surface area contributed by atoms with Gasteiger partial charge < -0.3 is 9.62 Å². The van der Waals surface area contributed by atoms with Crippen molar-refractivity contribution >= 4 is 35.3 Å². The largest absolute Gasteiger partial charge is 0.422 e. The summed E-state index contributed by atoms with van der Waals surface area (Å²) in [6.07, 6.45) is 1.95. The van der Waals surface area contributed by atoms with E-state index in [1.807, 2.05) is 6.20 Å². The summed E-state index contributed by atoms with van der Waals surface area (Å²) in [5, 5.41) is 0. The third kappa shape index (κ3) is 3.70. The van der Waals surface area contributed by atoms with E-state index in [2.05, 4.69) is 129 Å². The van der Waals surface area contributed by atoms with Crippen molar-refractivity contribution in [1.82, 2.24) is 4.98 Å². The molecule has 0 bridgehead atoms. The zero-order valence-corrected chi connectivity index (χ0v) is 20.1. The van der Waals surface area contributed by atoms with Crippen LogP contribution >= 0.6 is 0 Å². The summed E-state index contributed by atoms with van der Waals surface area (Å²) in [7, 11) is 0. The number of para-hydroxylation sites is 3. The molecule has 0 spiro atoms. The molecule has 3 aromatic carbocycles. The number of hydrogen-bond acceptors (Lipinski definition) is 3. The van der Waals surface area contributed by atoms with E-state index >= 15 is 0 Å². The highest BCUT2D eigenvalue weighted by atomic mass is 15.3. The Labute approximate surface area is 197 Å². The number of hydrogen-bond donors (Lipinski definition) is 0. The van der Waals surface area contributed by atoms with Gasteiger partial charge in [0.1, 0.15) is 5.82 Å². The van der Waals surface area contributed by atoms with Crippen LogP contribution in [0.2, 0.25) is 0 Å². The predicted octanol–water partition coefficient (Wildman–Crippen LogP) is 6.68. The van der Waals surface area contributed by atoms with E-state index in [4.69, 9.17) is 4.98 Å². The van der Waals surface area contributed by atoms with E-state index in [1.165, 1.54) is 39.2 Å². The molecule has 0 saturated heterocycles. The van der Waals surface area contributed by atoms with E-state index in [9.17, 15) is 0 Å². The third-order valence-corrected chi connectivity index (χ3v) is 6.58. The molecule has 5 rings (SSSR count). The molecule has 0 unspecified atom stereocenters. The SMILES string of the molecule is Cc1cccc(C)c1B1N(c2ccccc2)c2ccccc2N1c1cc(C(C)(C)C)ccn1. The van der Waals surface area contributed by atoms with E-state index in [1.54, 1.807) is 0 Å². The van der Waals surface area contributed by atoms with E-state index in [-0.39, 0.29) is 12.4 Å². The van der Waals surface area contributed by atoms with Crippen molar-refractivity contribution in [2.75, 3.05) is 9.62 Å². The summed E-state index contributed by atoms with van der Waals surface area (Å²) in [5.41, 5.74) is 8.75. The van der Waals surface area contributed by atoms with Crippen molar-refractivity contribution in [2.45, 2.75) is 40.0 Å². The molecule has 164 valence electrons. The Hall–Kier alpha value is -3.53. The lowest BCUT2D eigenvalue weighted by Crippen LogP contribution is -2.55. The molecular weight excluding hydrogens is 401 g/mol. The predicted molar refractivity (Wildman–Crippen MR) is 141 cm³/mol. The molecule has 4 heteroatoms. The lowest BCUT2D eigenvalue weighted by atomic mass is 9.61. The molecule has 1 aromatic heterocycles. The Bertz CT molecular complexity index is 1270. The topological polar surface area (TPSA) is 19.4 Å². The lowest BCUT2D eigenvalue weighted by Gasteiger charge is -2.32. The van der Waals surface area contributed by atoms with Crippen LogP contribution in [0.4, 0.5) is 22.9 Å². The first-order valence-corrected chi connectivity index (χ1v) is 11.6. The standard InChI is InChI=1S/C29H30BN3/c1-21-12-11-13-22(2)28(21)30-32(24-14-7-6-8-15-24)25-16-9-10-17-26(25)33(30)27-20-23(18-19-31-27)29(3,4)5/h6-20H,1-5H3. The normalized spacial score (nSPS) is 13.4. The van der Waals surface area contributed by atoms with Crippen molar-refractivity contribution in [3.63, 3.8) is 0 Å². The minimum absolute atomic E-state index is 0.0336. The van der Waals surface area contributed by atoms with Crippen LogP contribution in [0, 0.1) is 13.8 Å². The summed E-state index contributed by atoms with van der Waals surface area (Å²) in [6.45, 7) is 11.2. The minimum atomic E-state index is -0.0336. The van der Waals surface area contributed by atoms with Crippen molar-refractivity contribution in [2.24, 2.45) is 0 Å². The highest BCUT2D eigenvalue weighted by Crippen LogP contribution is 2.46. The van der Waals surface area contributed by atoms with Gasteiger partial charge in [0.2, 0.25) is 0 Å². The molecule has 0 fully saturated rings. The first-order valence-electron chi connectivity index (χ1n) is 11.6. The lowest BCUT2D eigenvalue weighted by molar-refractivity contribution is 0.589. The Morgan fingerprint density at radius 2 is 1.30 bits per heavy atom. The van der Waals surface area contributed by atoms with Crippen LogP contribution in [0.25, 0.3) is 0 Å². The summed E-state index contributed by atoms with van der Waals surface area (Å²) < 4.78 is 0. The van der Waals surface area contributed by atoms with Gasteiger partial charge in [-0.25, -0.2) is 4.98 Å². The van der Waals surface area contributed by atoms with Gasteiger partial charge in [0.05, 0.1) is 11.4 Å². The number of nitrogens with zero attached hydrogens (tertiary/aromatic N) is 3.